The fraction of sp³-hybridized carbons (Fsp3) is 0.294. The van der Waals surface area contributed by atoms with E-state index in [1.54, 1.807) is 19.1 Å². The Labute approximate surface area is 149 Å². The second-order valence-corrected chi connectivity index (χ2v) is 9.27. The molecule has 2 aromatic carbocycles. The van der Waals surface area contributed by atoms with E-state index < -0.39 is 20.0 Å². The summed E-state index contributed by atoms with van der Waals surface area (Å²) in [5.41, 5.74) is 1.25. The van der Waals surface area contributed by atoms with Crippen molar-refractivity contribution in [3.63, 3.8) is 0 Å². The van der Waals surface area contributed by atoms with Gasteiger partial charge in [0.15, 0.2) is 0 Å². The molecular formula is C17H22N2O4S2. The van der Waals surface area contributed by atoms with Gasteiger partial charge < -0.3 is 0 Å². The molecular weight excluding hydrogens is 360 g/mol. The molecule has 0 fully saturated rings. The lowest BCUT2D eigenvalue weighted by Gasteiger charge is -2.13. The summed E-state index contributed by atoms with van der Waals surface area (Å²) < 4.78 is 54.1. The highest BCUT2D eigenvalue weighted by Crippen LogP contribution is 2.19. The van der Waals surface area contributed by atoms with Crippen molar-refractivity contribution < 1.29 is 16.8 Å². The smallest absolute Gasteiger partial charge is 0.261 e. The first-order chi connectivity index (χ1) is 11.6. The molecule has 0 bridgehead atoms. The van der Waals surface area contributed by atoms with Crippen LogP contribution in [0.1, 0.15) is 25.8 Å². The zero-order chi connectivity index (χ0) is 18.7. The van der Waals surface area contributed by atoms with Crippen molar-refractivity contribution in [3.05, 3.63) is 54.1 Å². The highest BCUT2D eigenvalue weighted by molar-refractivity contribution is 7.92. The summed E-state index contributed by atoms with van der Waals surface area (Å²) in [7, 11) is -7.33. The van der Waals surface area contributed by atoms with Gasteiger partial charge in [0.25, 0.3) is 10.0 Å². The van der Waals surface area contributed by atoms with Gasteiger partial charge in [-0.25, -0.2) is 21.6 Å². The molecule has 1 atom stereocenters. The molecule has 2 rings (SSSR count). The van der Waals surface area contributed by atoms with Crippen molar-refractivity contribution in [2.45, 2.75) is 43.0 Å². The van der Waals surface area contributed by atoms with Crippen molar-refractivity contribution in [2.24, 2.45) is 0 Å². The molecule has 0 saturated heterocycles. The Balaban J connectivity index is 2.19. The molecule has 0 aliphatic carbocycles. The van der Waals surface area contributed by atoms with Gasteiger partial charge in [0.05, 0.1) is 9.79 Å². The SMILES string of the molecule is CC[C@@H](C)NS(=O)(=O)c1ccc(NS(=O)(=O)c2ccc(C)cc2)cc1. The molecule has 25 heavy (non-hydrogen) atoms. The number of hydrogen-bond acceptors (Lipinski definition) is 4. The first-order valence-corrected chi connectivity index (χ1v) is 10.8. The van der Waals surface area contributed by atoms with Gasteiger partial charge in [0.2, 0.25) is 10.0 Å². The third kappa shape index (κ3) is 5.04. The summed E-state index contributed by atoms with van der Waals surface area (Å²) in [6.45, 7) is 5.54. The van der Waals surface area contributed by atoms with Gasteiger partial charge in [0.1, 0.15) is 0 Å². The molecule has 0 aliphatic rings. The van der Waals surface area contributed by atoms with Gasteiger partial charge in [-0.2, -0.15) is 0 Å². The predicted molar refractivity (Wildman–Crippen MR) is 98.5 cm³/mol. The number of sulfonamides is 2. The lowest BCUT2D eigenvalue weighted by Crippen LogP contribution is -2.31. The number of hydrogen-bond donors (Lipinski definition) is 2. The van der Waals surface area contributed by atoms with Crippen LogP contribution in [0.25, 0.3) is 0 Å². The van der Waals surface area contributed by atoms with Crippen molar-refractivity contribution in [1.29, 1.82) is 0 Å². The first kappa shape index (κ1) is 19.4. The minimum absolute atomic E-state index is 0.0890. The Morgan fingerprint density at radius 2 is 1.32 bits per heavy atom. The lowest BCUT2D eigenvalue weighted by molar-refractivity contribution is 0.556. The van der Waals surface area contributed by atoms with Gasteiger partial charge in [-0.1, -0.05) is 24.6 Å². The number of anilines is 1. The molecule has 136 valence electrons. The summed E-state index contributed by atoms with van der Waals surface area (Å²) >= 11 is 0. The van der Waals surface area contributed by atoms with Gasteiger partial charge in [-0.15, -0.1) is 0 Å². The summed E-state index contributed by atoms with van der Waals surface area (Å²) in [6, 6.07) is 11.9. The molecule has 0 radical (unpaired) electrons. The highest BCUT2D eigenvalue weighted by atomic mass is 32.2. The quantitative estimate of drug-likeness (QED) is 0.770. The second kappa shape index (κ2) is 7.55. The molecule has 0 amide bonds. The Hall–Kier alpha value is -1.90. The van der Waals surface area contributed by atoms with Crippen LogP contribution in [0.15, 0.2) is 58.3 Å². The number of benzene rings is 2. The fourth-order valence-electron chi connectivity index (χ4n) is 2.05. The maximum atomic E-state index is 12.3. The summed E-state index contributed by atoms with van der Waals surface area (Å²) in [5.74, 6) is 0. The fourth-order valence-corrected chi connectivity index (χ4v) is 4.44. The predicted octanol–water partition coefficient (Wildman–Crippen LogP) is 2.87. The monoisotopic (exact) mass is 382 g/mol. The van der Waals surface area contributed by atoms with Crippen LogP contribution in [0.2, 0.25) is 0 Å². The third-order valence-electron chi connectivity index (χ3n) is 3.72. The van der Waals surface area contributed by atoms with Crippen molar-refractivity contribution in [3.8, 4) is 0 Å². The molecule has 8 heteroatoms. The number of aryl methyl sites for hydroxylation is 1. The van der Waals surface area contributed by atoms with E-state index in [-0.39, 0.29) is 15.8 Å². The zero-order valence-electron chi connectivity index (χ0n) is 14.4. The number of rotatable bonds is 7. The Morgan fingerprint density at radius 1 is 0.840 bits per heavy atom. The van der Waals surface area contributed by atoms with Crippen LogP contribution in [0.4, 0.5) is 5.69 Å². The summed E-state index contributed by atoms with van der Waals surface area (Å²) in [4.78, 5) is 0.235. The molecule has 0 aromatic heterocycles. The molecule has 0 aliphatic heterocycles. The van der Waals surface area contributed by atoms with E-state index in [2.05, 4.69) is 9.44 Å². The van der Waals surface area contributed by atoms with E-state index in [1.807, 2.05) is 13.8 Å². The van der Waals surface area contributed by atoms with Gasteiger partial charge in [0, 0.05) is 11.7 Å². The van der Waals surface area contributed by atoms with E-state index in [0.29, 0.717) is 12.1 Å². The van der Waals surface area contributed by atoms with Crippen molar-refractivity contribution >= 4 is 25.7 Å². The van der Waals surface area contributed by atoms with Crippen LogP contribution >= 0.6 is 0 Å². The van der Waals surface area contributed by atoms with Crippen LogP contribution in [0, 0.1) is 6.92 Å². The minimum atomic E-state index is -3.72. The van der Waals surface area contributed by atoms with Crippen LogP contribution in [-0.2, 0) is 20.0 Å². The van der Waals surface area contributed by atoms with E-state index in [0.717, 1.165) is 5.56 Å². The van der Waals surface area contributed by atoms with Crippen LogP contribution in [0.3, 0.4) is 0 Å². The molecule has 0 saturated carbocycles. The van der Waals surface area contributed by atoms with Crippen LogP contribution in [0.5, 0.6) is 0 Å². The molecule has 0 spiro atoms. The van der Waals surface area contributed by atoms with Gasteiger partial charge in [-0.3, -0.25) is 4.72 Å². The molecule has 2 N–H and O–H groups in total. The number of nitrogens with one attached hydrogen (secondary N) is 2. The van der Waals surface area contributed by atoms with Gasteiger partial charge >= 0.3 is 0 Å². The highest BCUT2D eigenvalue weighted by Gasteiger charge is 2.18. The van der Waals surface area contributed by atoms with E-state index in [1.165, 1.54) is 36.4 Å². The Bertz CT molecular complexity index is 920. The largest absolute Gasteiger partial charge is 0.280 e. The lowest BCUT2D eigenvalue weighted by atomic mass is 10.2. The second-order valence-electron chi connectivity index (χ2n) is 5.87. The van der Waals surface area contributed by atoms with Crippen LogP contribution in [-0.4, -0.2) is 22.9 Å². The topological polar surface area (TPSA) is 92.3 Å². The molecule has 6 nitrogen and oxygen atoms in total. The summed E-state index contributed by atoms with van der Waals surface area (Å²) in [6.07, 6.45) is 0.674. The Morgan fingerprint density at radius 3 is 1.84 bits per heavy atom. The first-order valence-electron chi connectivity index (χ1n) is 7.86. The van der Waals surface area contributed by atoms with Crippen LogP contribution < -0.4 is 9.44 Å². The maximum Gasteiger partial charge on any atom is 0.261 e. The van der Waals surface area contributed by atoms with Gasteiger partial charge in [-0.05, 0) is 56.7 Å². The average Bonchev–Trinajstić information content (AvgIpc) is 2.55. The molecule has 0 unspecified atom stereocenters. The average molecular weight is 383 g/mol. The minimum Gasteiger partial charge on any atom is -0.280 e. The Kier molecular flexibility index (Phi) is 5.87. The standard InChI is InChI=1S/C17H22N2O4S2/c1-4-14(3)18-24(20,21)17-11-7-15(8-12-17)19-25(22,23)16-9-5-13(2)6-10-16/h5-12,14,18-19H,4H2,1-3H3/t14-/m1/s1. The van der Waals surface area contributed by atoms with E-state index in [4.69, 9.17) is 0 Å². The van der Waals surface area contributed by atoms with E-state index in [9.17, 15) is 16.8 Å². The third-order valence-corrected chi connectivity index (χ3v) is 6.72. The molecule has 0 heterocycles. The van der Waals surface area contributed by atoms with Crippen molar-refractivity contribution in [1.82, 2.24) is 4.72 Å². The van der Waals surface area contributed by atoms with Crippen molar-refractivity contribution in [2.75, 3.05) is 4.72 Å². The zero-order valence-corrected chi connectivity index (χ0v) is 16.0. The summed E-state index contributed by atoms with van der Waals surface area (Å²) in [5, 5.41) is 0. The molecule has 2 aromatic rings. The maximum absolute atomic E-state index is 12.3. The van der Waals surface area contributed by atoms with E-state index >= 15 is 0 Å². The normalized spacial score (nSPS) is 13.4.